The van der Waals surface area contributed by atoms with Gasteiger partial charge in [0, 0.05) is 22.5 Å². The third kappa shape index (κ3) is 5.52. The van der Waals surface area contributed by atoms with E-state index in [1.165, 1.54) is 7.11 Å². The summed E-state index contributed by atoms with van der Waals surface area (Å²) < 4.78 is 39.7. The van der Waals surface area contributed by atoms with Crippen LogP contribution in [-0.2, 0) is 19.6 Å². The highest BCUT2D eigenvalue weighted by Gasteiger charge is 2.24. The van der Waals surface area contributed by atoms with E-state index in [1.54, 1.807) is 39.2 Å². The van der Waals surface area contributed by atoms with E-state index in [4.69, 9.17) is 15.9 Å². The van der Waals surface area contributed by atoms with Gasteiger partial charge >= 0.3 is 5.97 Å². The fourth-order valence-corrected chi connectivity index (χ4v) is 5.82. The number of rotatable bonds is 9. The number of aryl methyl sites for hydroxylation is 2. The Hall–Kier alpha value is -3.70. The van der Waals surface area contributed by atoms with Crippen LogP contribution in [0.5, 0.6) is 5.75 Å². The zero-order chi connectivity index (χ0) is 25.8. The number of hydrogen-bond acceptors (Lipinski definition) is 6. The smallest absolute Gasteiger partial charge is 0.307 e. The normalized spacial score (nSPS) is 12.0. The molecule has 0 radical (unpaired) electrons. The number of carbonyl (C=O) groups excluding carboxylic acids is 1. The van der Waals surface area contributed by atoms with Gasteiger partial charge in [0.05, 0.1) is 37.8 Å². The SMILES string of the molecule is C#CCN(c1ccc(NS(=O)(=O)c2c(C)cc(OC)cc2C)c2ccccc12)[C@@H](C)CC(=O)OC. The Kier molecular flexibility index (Phi) is 7.92. The zero-order valence-electron chi connectivity index (χ0n) is 20.6. The molecule has 3 aromatic rings. The molecular weight excluding hydrogens is 464 g/mol. The van der Waals surface area contributed by atoms with Gasteiger partial charge in [0.2, 0.25) is 0 Å². The number of fused-ring (bicyclic) bond motifs is 1. The number of ether oxygens (including phenoxy) is 2. The minimum atomic E-state index is -3.88. The fraction of sp³-hybridized carbons (Fsp3) is 0.296. The average molecular weight is 495 g/mol. The van der Waals surface area contributed by atoms with E-state index >= 15 is 0 Å². The number of methoxy groups -OCH3 is 2. The van der Waals surface area contributed by atoms with E-state index in [0.29, 0.717) is 28.0 Å². The van der Waals surface area contributed by atoms with E-state index < -0.39 is 10.0 Å². The molecule has 0 aliphatic rings. The second kappa shape index (κ2) is 10.7. The predicted octanol–water partition coefficient (Wildman–Crippen LogP) is 4.66. The summed E-state index contributed by atoms with van der Waals surface area (Å²) in [6.07, 6.45) is 5.79. The Morgan fingerprint density at radius 3 is 2.29 bits per heavy atom. The lowest BCUT2D eigenvalue weighted by atomic mass is 10.0. The summed E-state index contributed by atoms with van der Waals surface area (Å²) in [4.78, 5) is 14.0. The molecule has 0 saturated heterocycles. The third-order valence-corrected chi connectivity index (χ3v) is 7.55. The highest BCUT2D eigenvalue weighted by atomic mass is 32.2. The van der Waals surface area contributed by atoms with Crippen molar-refractivity contribution in [3.63, 3.8) is 0 Å². The van der Waals surface area contributed by atoms with Crippen molar-refractivity contribution in [2.24, 2.45) is 0 Å². The number of benzene rings is 3. The van der Waals surface area contributed by atoms with Crippen molar-refractivity contribution in [2.45, 2.75) is 38.1 Å². The van der Waals surface area contributed by atoms with Gasteiger partial charge in [0.15, 0.2) is 0 Å². The lowest BCUT2D eigenvalue weighted by molar-refractivity contribution is -0.140. The second-order valence-corrected chi connectivity index (χ2v) is 9.95. The summed E-state index contributed by atoms with van der Waals surface area (Å²) in [6.45, 7) is 5.66. The van der Waals surface area contributed by atoms with Crippen LogP contribution in [0.15, 0.2) is 53.4 Å². The van der Waals surface area contributed by atoms with Crippen molar-refractivity contribution in [2.75, 3.05) is 30.4 Å². The highest BCUT2D eigenvalue weighted by Crippen LogP contribution is 2.35. The minimum absolute atomic E-state index is 0.164. The molecule has 3 rings (SSSR count). The molecule has 0 heterocycles. The Bertz CT molecular complexity index is 1370. The van der Waals surface area contributed by atoms with E-state index in [-0.39, 0.29) is 29.9 Å². The van der Waals surface area contributed by atoms with Crippen LogP contribution >= 0.6 is 0 Å². The van der Waals surface area contributed by atoms with E-state index in [9.17, 15) is 13.2 Å². The maximum absolute atomic E-state index is 13.4. The molecule has 0 fully saturated rings. The molecule has 0 unspecified atom stereocenters. The number of carbonyl (C=O) groups is 1. The first kappa shape index (κ1) is 25.9. The maximum atomic E-state index is 13.4. The van der Waals surface area contributed by atoms with Crippen molar-refractivity contribution >= 4 is 38.1 Å². The number of anilines is 2. The number of sulfonamides is 1. The molecule has 0 amide bonds. The summed E-state index contributed by atoms with van der Waals surface area (Å²) in [5.41, 5.74) is 2.43. The monoisotopic (exact) mass is 494 g/mol. The molecular formula is C27H30N2O5S. The van der Waals surface area contributed by atoms with E-state index in [1.807, 2.05) is 42.2 Å². The van der Waals surface area contributed by atoms with Crippen molar-refractivity contribution < 1.29 is 22.7 Å². The summed E-state index contributed by atoms with van der Waals surface area (Å²) in [6, 6.07) is 14.2. The molecule has 0 bridgehead atoms. The number of esters is 1. The van der Waals surface area contributed by atoms with Crippen molar-refractivity contribution in [1.29, 1.82) is 0 Å². The van der Waals surface area contributed by atoms with Gasteiger partial charge in [-0.25, -0.2) is 8.42 Å². The van der Waals surface area contributed by atoms with Crippen LogP contribution in [0, 0.1) is 26.2 Å². The van der Waals surface area contributed by atoms with E-state index in [2.05, 4.69) is 10.6 Å². The van der Waals surface area contributed by atoms with Gasteiger partial charge in [-0.2, -0.15) is 0 Å². The summed E-state index contributed by atoms with van der Waals surface area (Å²) in [5, 5.41) is 1.52. The molecule has 1 N–H and O–H groups in total. The summed E-state index contributed by atoms with van der Waals surface area (Å²) in [7, 11) is -0.987. The first-order chi connectivity index (χ1) is 16.6. The van der Waals surface area contributed by atoms with Crippen LogP contribution in [0.1, 0.15) is 24.5 Å². The van der Waals surface area contributed by atoms with Gasteiger partial charge in [-0.1, -0.05) is 30.2 Å². The predicted molar refractivity (Wildman–Crippen MR) is 139 cm³/mol. The molecule has 0 saturated carbocycles. The van der Waals surface area contributed by atoms with Gasteiger partial charge in [0.1, 0.15) is 5.75 Å². The molecule has 7 nitrogen and oxygen atoms in total. The third-order valence-electron chi connectivity index (χ3n) is 5.88. The lowest BCUT2D eigenvalue weighted by Gasteiger charge is -2.30. The summed E-state index contributed by atoms with van der Waals surface area (Å²) >= 11 is 0. The molecule has 0 spiro atoms. The standard InChI is InChI=1S/C27H30N2O5S/c1-7-14-29(20(4)17-26(30)34-6)25-13-12-24(22-10-8-9-11-23(22)25)28-35(31,32)27-18(2)15-21(33-5)16-19(27)3/h1,8-13,15-16,20,28H,14,17H2,2-6H3/t20-/m0/s1. The first-order valence-corrected chi connectivity index (χ1v) is 12.6. The van der Waals surface area contributed by atoms with Crippen molar-refractivity contribution in [1.82, 2.24) is 0 Å². The van der Waals surface area contributed by atoms with Crippen LogP contribution < -0.4 is 14.4 Å². The Morgan fingerprint density at radius 1 is 1.09 bits per heavy atom. The molecule has 35 heavy (non-hydrogen) atoms. The van der Waals surface area contributed by atoms with Gasteiger partial charge in [-0.15, -0.1) is 6.42 Å². The van der Waals surface area contributed by atoms with Crippen LogP contribution in [-0.4, -0.2) is 41.2 Å². The molecule has 184 valence electrons. The number of terminal acetylenes is 1. The minimum Gasteiger partial charge on any atom is -0.497 e. The number of nitrogens with zero attached hydrogens (tertiary/aromatic N) is 1. The largest absolute Gasteiger partial charge is 0.497 e. The Balaban J connectivity index is 2.08. The fourth-order valence-electron chi connectivity index (χ4n) is 4.28. The van der Waals surface area contributed by atoms with Crippen LogP contribution in [0.3, 0.4) is 0 Å². The van der Waals surface area contributed by atoms with Gasteiger partial charge in [0.25, 0.3) is 10.0 Å². The van der Waals surface area contributed by atoms with Crippen LogP contribution in [0.25, 0.3) is 10.8 Å². The highest BCUT2D eigenvalue weighted by molar-refractivity contribution is 7.92. The molecule has 1 atom stereocenters. The van der Waals surface area contributed by atoms with Gasteiger partial charge < -0.3 is 14.4 Å². The zero-order valence-corrected chi connectivity index (χ0v) is 21.4. The quantitative estimate of drug-likeness (QED) is 0.344. The summed E-state index contributed by atoms with van der Waals surface area (Å²) in [5.74, 6) is 2.92. The Morgan fingerprint density at radius 2 is 1.71 bits per heavy atom. The van der Waals surface area contributed by atoms with Gasteiger partial charge in [-0.05, 0) is 56.2 Å². The molecule has 0 aromatic heterocycles. The van der Waals surface area contributed by atoms with Gasteiger partial charge in [-0.3, -0.25) is 9.52 Å². The number of hydrogen-bond donors (Lipinski definition) is 1. The van der Waals surface area contributed by atoms with Crippen molar-refractivity contribution in [3.05, 3.63) is 59.7 Å². The second-order valence-electron chi connectivity index (χ2n) is 8.33. The van der Waals surface area contributed by atoms with Crippen molar-refractivity contribution in [3.8, 4) is 18.1 Å². The molecule has 0 aliphatic carbocycles. The number of nitrogens with one attached hydrogen (secondary N) is 1. The maximum Gasteiger partial charge on any atom is 0.307 e. The van der Waals surface area contributed by atoms with E-state index in [0.717, 1.165) is 11.1 Å². The first-order valence-electron chi connectivity index (χ1n) is 11.1. The van der Waals surface area contributed by atoms with Crippen LogP contribution in [0.4, 0.5) is 11.4 Å². The average Bonchev–Trinajstić information content (AvgIpc) is 2.82. The molecule has 8 heteroatoms. The topological polar surface area (TPSA) is 84.9 Å². The lowest BCUT2D eigenvalue weighted by Crippen LogP contribution is -2.35. The van der Waals surface area contributed by atoms with Crippen LogP contribution in [0.2, 0.25) is 0 Å². The molecule has 3 aromatic carbocycles. The Labute approximate surface area is 207 Å². The molecule has 0 aliphatic heterocycles.